The van der Waals surface area contributed by atoms with Crippen molar-refractivity contribution in [2.24, 2.45) is 0 Å². The first-order chi connectivity index (χ1) is 9.92. The monoisotopic (exact) mass is 294 g/mol. The first-order valence-electron chi connectivity index (χ1n) is 6.80. The number of anilines is 1. The molecule has 1 aromatic carbocycles. The highest BCUT2D eigenvalue weighted by Gasteiger charge is 2.18. The maximum Gasteiger partial charge on any atom is 0.164 e. The van der Waals surface area contributed by atoms with Crippen molar-refractivity contribution in [2.45, 2.75) is 33.1 Å². The quantitative estimate of drug-likeness (QED) is 0.872. The molecule has 1 heterocycles. The number of hydrogen-bond acceptors (Lipinski definition) is 2. The van der Waals surface area contributed by atoms with E-state index in [1.165, 1.54) is 0 Å². The Labute approximate surface area is 121 Å². The van der Waals surface area contributed by atoms with Crippen LogP contribution in [0.2, 0.25) is 0 Å². The van der Waals surface area contributed by atoms with Gasteiger partial charge in [-0.25, -0.2) is 18.2 Å². The zero-order valence-electron chi connectivity index (χ0n) is 12.0. The van der Waals surface area contributed by atoms with Crippen LogP contribution in [0.4, 0.5) is 19.0 Å². The van der Waals surface area contributed by atoms with Gasteiger partial charge in [0, 0.05) is 11.3 Å². The van der Waals surface area contributed by atoms with E-state index in [0.717, 1.165) is 11.6 Å². The summed E-state index contributed by atoms with van der Waals surface area (Å²) in [5.41, 5.74) is 7.15. The molecular formula is C16H17F3N2. The van der Waals surface area contributed by atoms with Gasteiger partial charge >= 0.3 is 0 Å². The number of rotatable bonds is 4. The van der Waals surface area contributed by atoms with Crippen molar-refractivity contribution in [3.63, 3.8) is 0 Å². The molecule has 5 heteroatoms. The van der Waals surface area contributed by atoms with Crippen LogP contribution >= 0.6 is 0 Å². The van der Waals surface area contributed by atoms with Gasteiger partial charge in [-0.3, -0.25) is 0 Å². The smallest absolute Gasteiger partial charge is 0.164 e. The number of nitrogen functional groups attached to an aromatic ring is 1. The Morgan fingerprint density at radius 1 is 1.05 bits per heavy atom. The summed E-state index contributed by atoms with van der Waals surface area (Å²) >= 11 is 0. The van der Waals surface area contributed by atoms with Crippen molar-refractivity contribution in [2.75, 3.05) is 5.73 Å². The summed E-state index contributed by atoms with van der Waals surface area (Å²) in [6, 6.07) is 4.42. The summed E-state index contributed by atoms with van der Waals surface area (Å²) in [7, 11) is 0. The van der Waals surface area contributed by atoms with Crippen LogP contribution in [0.25, 0.3) is 0 Å². The van der Waals surface area contributed by atoms with Crippen molar-refractivity contribution >= 4 is 5.82 Å². The molecule has 112 valence electrons. The van der Waals surface area contributed by atoms with Crippen LogP contribution < -0.4 is 5.73 Å². The maximum absolute atomic E-state index is 14.1. The predicted octanol–water partition coefficient (Wildman–Crippen LogP) is 3.74. The lowest BCUT2D eigenvalue weighted by molar-refractivity contribution is 0.474. The van der Waals surface area contributed by atoms with Gasteiger partial charge in [0.1, 0.15) is 11.6 Å². The van der Waals surface area contributed by atoms with E-state index in [1.807, 2.05) is 6.92 Å². The number of pyridine rings is 1. The number of halogens is 3. The molecule has 0 radical (unpaired) electrons. The van der Waals surface area contributed by atoms with Gasteiger partial charge < -0.3 is 5.73 Å². The molecule has 1 aromatic heterocycles. The van der Waals surface area contributed by atoms with E-state index in [4.69, 9.17) is 5.73 Å². The van der Waals surface area contributed by atoms with E-state index in [2.05, 4.69) is 4.98 Å². The fourth-order valence-corrected chi connectivity index (χ4v) is 2.34. The first-order valence-corrected chi connectivity index (χ1v) is 6.80. The predicted molar refractivity (Wildman–Crippen MR) is 76.5 cm³/mol. The maximum atomic E-state index is 14.1. The largest absolute Gasteiger partial charge is 0.384 e. The average Bonchev–Trinajstić information content (AvgIpc) is 2.41. The molecule has 0 unspecified atom stereocenters. The van der Waals surface area contributed by atoms with Crippen LogP contribution in [0.5, 0.6) is 0 Å². The van der Waals surface area contributed by atoms with Crippen LogP contribution in [-0.4, -0.2) is 4.98 Å². The first kappa shape index (κ1) is 15.4. The molecular weight excluding hydrogens is 277 g/mol. The summed E-state index contributed by atoms with van der Waals surface area (Å²) in [5, 5.41) is 0. The van der Waals surface area contributed by atoms with Crippen LogP contribution in [-0.2, 0) is 19.3 Å². The van der Waals surface area contributed by atoms with E-state index in [9.17, 15) is 13.2 Å². The standard InChI is InChI=1S/C16H17F3N2/c1-3-10-8-13(17)16(19)12(15(10)18)5-4-11-6-9(2)7-14(20)21-11/h6-8H,3-5H2,1-2H3,(H2,20,21). The fourth-order valence-electron chi connectivity index (χ4n) is 2.34. The number of hydrogen-bond donors (Lipinski definition) is 1. The third-order valence-electron chi connectivity index (χ3n) is 3.38. The molecule has 0 atom stereocenters. The van der Waals surface area contributed by atoms with Gasteiger partial charge in [0.15, 0.2) is 11.6 Å². The van der Waals surface area contributed by atoms with Gasteiger partial charge in [-0.15, -0.1) is 0 Å². The molecule has 0 aliphatic heterocycles. The molecule has 0 bridgehead atoms. The summed E-state index contributed by atoms with van der Waals surface area (Å²) in [5.74, 6) is -2.44. The lowest BCUT2D eigenvalue weighted by atomic mass is 10.0. The Morgan fingerprint density at radius 3 is 2.38 bits per heavy atom. The van der Waals surface area contributed by atoms with Crippen molar-refractivity contribution in [3.8, 4) is 0 Å². The van der Waals surface area contributed by atoms with Crippen molar-refractivity contribution in [3.05, 3.63) is 58.0 Å². The molecule has 0 saturated heterocycles. The summed E-state index contributed by atoms with van der Waals surface area (Å²) in [4.78, 5) is 4.11. The molecule has 0 fully saturated rings. The second-order valence-corrected chi connectivity index (χ2v) is 5.04. The van der Waals surface area contributed by atoms with E-state index in [0.29, 0.717) is 24.4 Å². The van der Waals surface area contributed by atoms with E-state index >= 15 is 0 Å². The molecule has 0 amide bonds. The Balaban J connectivity index is 2.29. The normalized spacial score (nSPS) is 10.9. The highest BCUT2D eigenvalue weighted by molar-refractivity contribution is 5.35. The zero-order chi connectivity index (χ0) is 15.6. The van der Waals surface area contributed by atoms with Crippen molar-refractivity contribution < 1.29 is 13.2 Å². The molecule has 2 rings (SSSR count). The highest BCUT2D eigenvalue weighted by atomic mass is 19.2. The molecule has 2 nitrogen and oxygen atoms in total. The topological polar surface area (TPSA) is 38.9 Å². The fraction of sp³-hybridized carbons (Fsp3) is 0.312. The third kappa shape index (κ3) is 3.35. The molecule has 0 spiro atoms. The number of nitrogens with zero attached hydrogens (tertiary/aromatic N) is 1. The average molecular weight is 294 g/mol. The second kappa shape index (κ2) is 6.16. The minimum atomic E-state index is -1.12. The SMILES string of the molecule is CCc1cc(F)c(F)c(CCc2cc(C)cc(N)n2)c1F. The van der Waals surface area contributed by atoms with Gasteiger partial charge in [0.05, 0.1) is 0 Å². The summed E-state index contributed by atoms with van der Waals surface area (Å²) in [6.07, 6.45) is 0.649. The molecule has 2 aromatic rings. The van der Waals surface area contributed by atoms with Gasteiger partial charge in [-0.2, -0.15) is 0 Å². The molecule has 0 saturated carbocycles. The minimum absolute atomic E-state index is 0.0400. The minimum Gasteiger partial charge on any atom is -0.384 e. The molecule has 0 aliphatic carbocycles. The summed E-state index contributed by atoms with van der Waals surface area (Å²) < 4.78 is 41.4. The second-order valence-electron chi connectivity index (χ2n) is 5.04. The highest BCUT2D eigenvalue weighted by Crippen LogP contribution is 2.22. The number of aromatic nitrogens is 1. The van der Waals surface area contributed by atoms with Crippen LogP contribution in [0.15, 0.2) is 18.2 Å². The van der Waals surface area contributed by atoms with Gasteiger partial charge in [-0.05, 0) is 55.5 Å². The Hall–Kier alpha value is -2.04. The summed E-state index contributed by atoms with van der Waals surface area (Å²) in [6.45, 7) is 3.56. The van der Waals surface area contributed by atoms with Crippen LogP contribution in [0.3, 0.4) is 0 Å². The van der Waals surface area contributed by atoms with Crippen LogP contribution in [0, 0.1) is 24.4 Å². The zero-order valence-corrected chi connectivity index (χ0v) is 12.0. The molecule has 2 N–H and O–H groups in total. The lowest BCUT2D eigenvalue weighted by Crippen LogP contribution is -2.06. The Kier molecular flexibility index (Phi) is 4.50. The number of aryl methyl sites for hydroxylation is 3. The van der Waals surface area contributed by atoms with Crippen LogP contribution in [0.1, 0.15) is 29.3 Å². The van der Waals surface area contributed by atoms with Crippen molar-refractivity contribution in [1.82, 2.24) is 4.98 Å². The van der Waals surface area contributed by atoms with E-state index in [-0.39, 0.29) is 17.5 Å². The van der Waals surface area contributed by atoms with Gasteiger partial charge in [0.2, 0.25) is 0 Å². The lowest BCUT2D eigenvalue weighted by Gasteiger charge is -2.10. The molecule has 21 heavy (non-hydrogen) atoms. The van der Waals surface area contributed by atoms with E-state index < -0.39 is 17.5 Å². The van der Waals surface area contributed by atoms with Gasteiger partial charge in [-0.1, -0.05) is 6.92 Å². The number of nitrogens with two attached hydrogens (primary N) is 1. The Morgan fingerprint density at radius 2 is 1.76 bits per heavy atom. The van der Waals surface area contributed by atoms with Gasteiger partial charge in [0.25, 0.3) is 0 Å². The van der Waals surface area contributed by atoms with E-state index in [1.54, 1.807) is 19.1 Å². The molecule has 0 aliphatic rings. The Bertz CT molecular complexity index is 649. The third-order valence-corrected chi connectivity index (χ3v) is 3.38. The number of benzene rings is 1. The van der Waals surface area contributed by atoms with Crippen molar-refractivity contribution in [1.29, 1.82) is 0 Å².